The summed E-state index contributed by atoms with van der Waals surface area (Å²) in [5.41, 5.74) is 1.11. The molecule has 0 amide bonds. The highest BCUT2D eigenvalue weighted by Gasteiger charge is 2.06. The molecule has 0 aromatic heterocycles. The Morgan fingerprint density at radius 3 is 2.61 bits per heavy atom. The van der Waals surface area contributed by atoms with Crippen molar-refractivity contribution in [2.24, 2.45) is 0 Å². The number of hydrogen-bond acceptors (Lipinski definition) is 2. The first-order chi connectivity index (χ1) is 8.70. The molecule has 0 aliphatic heterocycles. The summed E-state index contributed by atoms with van der Waals surface area (Å²) in [5, 5.41) is 11.3. The summed E-state index contributed by atoms with van der Waals surface area (Å²) in [6.07, 6.45) is 1.64. The summed E-state index contributed by atoms with van der Waals surface area (Å²) in [7, 11) is 1.48. The third kappa shape index (κ3) is 2.76. The predicted molar refractivity (Wildman–Crippen MR) is 71.4 cm³/mol. The van der Waals surface area contributed by atoms with Crippen molar-refractivity contribution in [3.05, 3.63) is 53.6 Å². The van der Waals surface area contributed by atoms with E-state index in [-0.39, 0.29) is 12.2 Å². The van der Waals surface area contributed by atoms with E-state index < -0.39 is 5.97 Å². The molecule has 0 atom stereocenters. The lowest BCUT2D eigenvalue weighted by Gasteiger charge is -2.03. The highest BCUT2D eigenvalue weighted by atomic mass is 16.5. The molecule has 2 aromatic rings. The number of ether oxygens (including phenoxy) is 1. The second-order valence-electron chi connectivity index (χ2n) is 4.01. The van der Waals surface area contributed by atoms with Gasteiger partial charge in [-0.05, 0) is 28.5 Å². The zero-order valence-electron chi connectivity index (χ0n) is 10.1. The topological polar surface area (TPSA) is 46.5 Å². The molecule has 0 aliphatic carbocycles. The van der Waals surface area contributed by atoms with Gasteiger partial charge in [-0.2, -0.15) is 0 Å². The minimum Gasteiger partial charge on any atom is -0.478 e. The first-order valence-corrected chi connectivity index (χ1v) is 5.62. The van der Waals surface area contributed by atoms with Gasteiger partial charge >= 0.3 is 5.97 Å². The maximum absolute atomic E-state index is 11.0. The smallest absolute Gasteiger partial charge is 0.333 e. The second-order valence-corrected chi connectivity index (χ2v) is 4.01. The van der Waals surface area contributed by atoms with Gasteiger partial charge in [-0.1, -0.05) is 36.4 Å². The Balaban J connectivity index is 2.41. The molecule has 3 heteroatoms. The van der Waals surface area contributed by atoms with E-state index in [9.17, 15) is 4.79 Å². The molecule has 0 saturated heterocycles. The summed E-state index contributed by atoms with van der Waals surface area (Å²) >= 11 is 0. The standard InChI is InChI=1S/C15H14O3/c1-18-10-14(15(16)17)9-11-6-7-12-4-2-3-5-13(12)8-11/h2-9H,10H2,1H3,(H,16,17)/b14-9+. The number of methoxy groups -OCH3 is 1. The average Bonchev–Trinajstić information content (AvgIpc) is 2.38. The van der Waals surface area contributed by atoms with E-state index in [0.29, 0.717) is 0 Å². The minimum atomic E-state index is -0.954. The number of benzene rings is 2. The van der Waals surface area contributed by atoms with Crippen molar-refractivity contribution in [1.29, 1.82) is 0 Å². The molecule has 2 rings (SSSR count). The van der Waals surface area contributed by atoms with Crippen molar-refractivity contribution in [2.75, 3.05) is 13.7 Å². The number of carboxylic acids is 1. The Bertz CT molecular complexity index is 599. The van der Waals surface area contributed by atoms with Crippen LogP contribution in [0.15, 0.2) is 48.0 Å². The molecule has 0 aliphatic rings. The van der Waals surface area contributed by atoms with E-state index >= 15 is 0 Å². The van der Waals surface area contributed by atoms with Crippen molar-refractivity contribution in [1.82, 2.24) is 0 Å². The van der Waals surface area contributed by atoms with Crippen LogP contribution in [0.1, 0.15) is 5.56 Å². The monoisotopic (exact) mass is 242 g/mol. The van der Waals surface area contributed by atoms with Gasteiger partial charge in [0.15, 0.2) is 0 Å². The van der Waals surface area contributed by atoms with Gasteiger partial charge in [0, 0.05) is 7.11 Å². The summed E-state index contributed by atoms with van der Waals surface area (Å²) in [4.78, 5) is 11.0. The fourth-order valence-corrected chi connectivity index (χ4v) is 1.82. The van der Waals surface area contributed by atoms with Gasteiger partial charge < -0.3 is 9.84 Å². The third-order valence-electron chi connectivity index (χ3n) is 2.69. The Labute approximate surface area is 105 Å². The normalized spacial score (nSPS) is 11.7. The van der Waals surface area contributed by atoms with Crippen molar-refractivity contribution in [3.8, 4) is 0 Å². The number of carbonyl (C=O) groups is 1. The van der Waals surface area contributed by atoms with Gasteiger partial charge in [0.05, 0.1) is 12.2 Å². The van der Waals surface area contributed by atoms with E-state index in [1.807, 2.05) is 42.5 Å². The molecule has 18 heavy (non-hydrogen) atoms. The molecule has 3 nitrogen and oxygen atoms in total. The third-order valence-corrected chi connectivity index (χ3v) is 2.69. The van der Waals surface area contributed by atoms with Crippen LogP contribution >= 0.6 is 0 Å². The van der Waals surface area contributed by atoms with Crippen LogP contribution in [0.4, 0.5) is 0 Å². The molecule has 2 aromatic carbocycles. The largest absolute Gasteiger partial charge is 0.478 e. The predicted octanol–water partition coefficient (Wildman–Crippen LogP) is 2.95. The van der Waals surface area contributed by atoms with Crippen LogP contribution in [0.5, 0.6) is 0 Å². The van der Waals surface area contributed by atoms with E-state index in [4.69, 9.17) is 9.84 Å². The van der Waals surface area contributed by atoms with E-state index in [2.05, 4.69) is 0 Å². The molecule has 0 spiro atoms. The van der Waals surface area contributed by atoms with E-state index in [1.54, 1.807) is 6.08 Å². The number of fused-ring (bicyclic) bond motifs is 1. The Hall–Kier alpha value is -2.13. The zero-order valence-corrected chi connectivity index (χ0v) is 10.1. The molecule has 0 bridgehead atoms. The second kappa shape index (κ2) is 5.47. The molecule has 0 heterocycles. The molecular formula is C15H14O3. The Kier molecular flexibility index (Phi) is 3.75. The summed E-state index contributed by atoms with van der Waals surface area (Å²) < 4.78 is 4.88. The van der Waals surface area contributed by atoms with Crippen LogP contribution in [0.2, 0.25) is 0 Å². The van der Waals surface area contributed by atoms with Crippen LogP contribution in [-0.4, -0.2) is 24.8 Å². The molecule has 0 saturated carbocycles. The molecule has 1 N–H and O–H groups in total. The zero-order chi connectivity index (χ0) is 13.0. The van der Waals surface area contributed by atoms with Gasteiger partial charge in [-0.15, -0.1) is 0 Å². The lowest BCUT2D eigenvalue weighted by atomic mass is 10.1. The van der Waals surface area contributed by atoms with Crippen LogP contribution in [0, 0.1) is 0 Å². The van der Waals surface area contributed by atoms with Crippen molar-refractivity contribution in [3.63, 3.8) is 0 Å². The van der Waals surface area contributed by atoms with Crippen molar-refractivity contribution < 1.29 is 14.6 Å². The van der Waals surface area contributed by atoms with Gasteiger partial charge in [0.25, 0.3) is 0 Å². The van der Waals surface area contributed by atoms with Crippen molar-refractivity contribution in [2.45, 2.75) is 0 Å². The van der Waals surface area contributed by atoms with Gasteiger partial charge in [-0.25, -0.2) is 4.79 Å². The molecule has 92 valence electrons. The first kappa shape index (κ1) is 12.3. The number of aliphatic carboxylic acids is 1. The van der Waals surface area contributed by atoms with Gasteiger partial charge in [0.2, 0.25) is 0 Å². The maximum Gasteiger partial charge on any atom is 0.333 e. The number of rotatable bonds is 4. The van der Waals surface area contributed by atoms with Gasteiger partial charge in [0.1, 0.15) is 0 Å². The highest BCUT2D eigenvalue weighted by molar-refractivity contribution is 5.93. The first-order valence-electron chi connectivity index (χ1n) is 5.62. The SMILES string of the molecule is COC/C(=C\c1ccc2ccccc2c1)C(=O)O. The lowest BCUT2D eigenvalue weighted by molar-refractivity contribution is -0.133. The summed E-state index contributed by atoms with van der Waals surface area (Å²) in [6, 6.07) is 13.8. The molecule has 0 fully saturated rings. The fourth-order valence-electron chi connectivity index (χ4n) is 1.82. The molecular weight excluding hydrogens is 228 g/mol. The van der Waals surface area contributed by atoms with Gasteiger partial charge in [-0.3, -0.25) is 0 Å². The van der Waals surface area contributed by atoms with E-state index in [0.717, 1.165) is 16.3 Å². The maximum atomic E-state index is 11.0. The molecule has 0 radical (unpaired) electrons. The number of hydrogen-bond donors (Lipinski definition) is 1. The van der Waals surface area contributed by atoms with Crippen LogP contribution < -0.4 is 0 Å². The molecule has 0 unspecified atom stereocenters. The lowest BCUT2D eigenvalue weighted by Crippen LogP contribution is -2.06. The Morgan fingerprint density at radius 1 is 1.22 bits per heavy atom. The van der Waals surface area contributed by atoms with Crippen LogP contribution in [0.25, 0.3) is 16.8 Å². The van der Waals surface area contributed by atoms with Crippen LogP contribution in [-0.2, 0) is 9.53 Å². The van der Waals surface area contributed by atoms with E-state index in [1.165, 1.54) is 7.11 Å². The summed E-state index contributed by atoms with van der Waals surface area (Å²) in [5.74, 6) is -0.954. The number of carboxylic acid groups (broad SMARTS) is 1. The Morgan fingerprint density at radius 2 is 1.94 bits per heavy atom. The minimum absolute atomic E-state index is 0.0994. The van der Waals surface area contributed by atoms with Crippen molar-refractivity contribution >= 4 is 22.8 Å². The summed E-state index contributed by atoms with van der Waals surface area (Å²) in [6.45, 7) is 0.0994. The van der Waals surface area contributed by atoms with Crippen LogP contribution in [0.3, 0.4) is 0 Å². The highest BCUT2D eigenvalue weighted by Crippen LogP contribution is 2.17. The average molecular weight is 242 g/mol. The quantitative estimate of drug-likeness (QED) is 0.838. The fraction of sp³-hybridized carbons (Fsp3) is 0.133.